The summed E-state index contributed by atoms with van der Waals surface area (Å²) in [6.45, 7) is 5.60. The van der Waals surface area contributed by atoms with Gasteiger partial charge < -0.3 is 9.47 Å². The topological polar surface area (TPSA) is 64.6 Å². The second-order valence-electron chi connectivity index (χ2n) is 4.37. The highest BCUT2D eigenvalue weighted by molar-refractivity contribution is 5.82. The van der Waals surface area contributed by atoms with Crippen molar-refractivity contribution < 1.29 is 32.2 Å². The van der Waals surface area contributed by atoms with Gasteiger partial charge in [-0.1, -0.05) is 0 Å². The Kier molecular flexibility index (Phi) is 5.44. The molecule has 0 aliphatic rings. The Balaban J connectivity index is 4.72. The average Bonchev–Trinajstić information content (AvgIpc) is 2.09. The van der Waals surface area contributed by atoms with Crippen molar-refractivity contribution in [2.75, 3.05) is 6.61 Å². The number of alkyl carbamates (subject to hydrolysis) is 1. The monoisotopic (exact) mass is 271 g/mol. The average molecular weight is 271 g/mol. The standard InChI is InChI=1S/C10H16F3NO4/c1-5-17-7(15)6(10(11,12)13)14-8(16)18-9(2,3)4/h6H,5H2,1-4H3,(H,14,16)/t6-/m0/s1. The lowest BCUT2D eigenvalue weighted by Crippen LogP contribution is -2.52. The first kappa shape index (κ1) is 16.5. The Morgan fingerprint density at radius 1 is 1.22 bits per heavy atom. The second-order valence-corrected chi connectivity index (χ2v) is 4.37. The molecule has 5 nitrogen and oxygen atoms in total. The van der Waals surface area contributed by atoms with Gasteiger partial charge in [-0.2, -0.15) is 13.2 Å². The molecule has 0 bridgehead atoms. The van der Waals surface area contributed by atoms with Gasteiger partial charge in [-0.05, 0) is 27.7 Å². The van der Waals surface area contributed by atoms with Crippen molar-refractivity contribution in [1.29, 1.82) is 0 Å². The summed E-state index contributed by atoms with van der Waals surface area (Å²) in [6, 6.07) is -2.73. The van der Waals surface area contributed by atoms with Crippen molar-refractivity contribution in [1.82, 2.24) is 5.32 Å². The minimum Gasteiger partial charge on any atom is -0.464 e. The fraction of sp³-hybridized carbons (Fsp3) is 0.800. The van der Waals surface area contributed by atoms with Crippen molar-refractivity contribution in [2.24, 2.45) is 0 Å². The summed E-state index contributed by atoms with van der Waals surface area (Å²) in [5.41, 5.74) is -0.963. The van der Waals surface area contributed by atoms with Crippen LogP contribution in [0.3, 0.4) is 0 Å². The molecule has 0 fully saturated rings. The number of carbonyl (C=O) groups excluding carboxylic acids is 2. The number of alkyl halides is 3. The van der Waals surface area contributed by atoms with E-state index in [2.05, 4.69) is 9.47 Å². The van der Waals surface area contributed by atoms with Crippen LogP contribution in [0.15, 0.2) is 0 Å². The normalized spacial score (nSPS) is 13.7. The van der Waals surface area contributed by atoms with Crippen LogP contribution >= 0.6 is 0 Å². The summed E-state index contributed by atoms with van der Waals surface area (Å²) >= 11 is 0. The summed E-state index contributed by atoms with van der Waals surface area (Å²) in [6.07, 6.45) is -6.28. The number of esters is 1. The van der Waals surface area contributed by atoms with Gasteiger partial charge in [-0.15, -0.1) is 0 Å². The number of halogens is 3. The van der Waals surface area contributed by atoms with E-state index in [1.807, 2.05) is 0 Å². The number of amides is 1. The van der Waals surface area contributed by atoms with Crippen LogP contribution < -0.4 is 5.32 Å². The van der Waals surface area contributed by atoms with Gasteiger partial charge in [0.15, 0.2) is 0 Å². The summed E-state index contributed by atoms with van der Waals surface area (Å²) in [5.74, 6) is -1.57. The largest absolute Gasteiger partial charge is 0.464 e. The molecular formula is C10H16F3NO4. The highest BCUT2D eigenvalue weighted by Crippen LogP contribution is 2.21. The Morgan fingerprint density at radius 2 is 1.72 bits per heavy atom. The lowest BCUT2D eigenvalue weighted by Gasteiger charge is -2.23. The molecule has 18 heavy (non-hydrogen) atoms. The van der Waals surface area contributed by atoms with Crippen LogP contribution in [0.25, 0.3) is 0 Å². The molecule has 0 aromatic heterocycles. The van der Waals surface area contributed by atoms with E-state index >= 15 is 0 Å². The Bertz CT molecular complexity index is 309. The van der Waals surface area contributed by atoms with Crippen LogP contribution in [0.1, 0.15) is 27.7 Å². The zero-order valence-corrected chi connectivity index (χ0v) is 10.6. The third kappa shape index (κ3) is 6.31. The number of nitrogens with one attached hydrogen (secondary N) is 1. The third-order valence-corrected chi connectivity index (χ3v) is 1.51. The van der Waals surface area contributed by atoms with Gasteiger partial charge in [-0.25, -0.2) is 9.59 Å². The number of hydrogen-bond donors (Lipinski definition) is 1. The maximum atomic E-state index is 12.5. The zero-order valence-electron chi connectivity index (χ0n) is 10.6. The molecule has 1 amide bonds. The van der Waals surface area contributed by atoms with Crippen molar-refractivity contribution in [2.45, 2.75) is 45.5 Å². The Morgan fingerprint density at radius 3 is 2.06 bits per heavy atom. The minimum absolute atomic E-state index is 0.221. The number of rotatable bonds is 3. The second kappa shape index (κ2) is 5.92. The molecule has 0 aliphatic heterocycles. The highest BCUT2D eigenvalue weighted by atomic mass is 19.4. The number of hydrogen-bond acceptors (Lipinski definition) is 4. The maximum absolute atomic E-state index is 12.5. The fourth-order valence-electron chi connectivity index (χ4n) is 0.925. The number of carbonyl (C=O) groups is 2. The van der Waals surface area contributed by atoms with E-state index in [1.165, 1.54) is 33.0 Å². The van der Waals surface area contributed by atoms with Crippen molar-refractivity contribution in [3.05, 3.63) is 0 Å². The van der Waals surface area contributed by atoms with Gasteiger partial charge in [-0.3, -0.25) is 5.32 Å². The molecular weight excluding hydrogens is 255 g/mol. The van der Waals surface area contributed by atoms with Crippen LogP contribution in [-0.2, 0) is 14.3 Å². The highest BCUT2D eigenvalue weighted by Gasteiger charge is 2.47. The molecule has 0 unspecified atom stereocenters. The predicted molar refractivity (Wildman–Crippen MR) is 55.8 cm³/mol. The van der Waals surface area contributed by atoms with E-state index in [0.29, 0.717) is 0 Å². The van der Waals surface area contributed by atoms with Gasteiger partial charge >= 0.3 is 18.2 Å². The van der Waals surface area contributed by atoms with Gasteiger partial charge in [0.1, 0.15) is 5.60 Å². The van der Waals surface area contributed by atoms with E-state index in [9.17, 15) is 22.8 Å². The lowest BCUT2D eigenvalue weighted by atomic mass is 10.2. The molecule has 0 spiro atoms. The first-order chi connectivity index (χ1) is 7.97. The van der Waals surface area contributed by atoms with Crippen LogP contribution in [0.2, 0.25) is 0 Å². The van der Waals surface area contributed by atoms with Crippen molar-refractivity contribution in [3.8, 4) is 0 Å². The predicted octanol–water partition coefficient (Wildman–Crippen LogP) is 2.01. The Labute approximate surface area is 103 Å². The third-order valence-electron chi connectivity index (χ3n) is 1.51. The molecule has 1 atom stereocenters. The van der Waals surface area contributed by atoms with Crippen LogP contribution in [0, 0.1) is 0 Å². The van der Waals surface area contributed by atoms with E-state index in [-0.39, 0.29) is 6.61 Å². The lowest BCUT2D eigenvalue weighted by molar-refractivity contribution is -0.183. The minimum atomic E-state index is -4.94. The molecule has 0 saturated heterocycles. The summed E-state index contributed by atoms with van der Waals surface area (Å²) in [7, 11) is 0. The molecule has 0 heterocycles. The molecule has 0 rings (SSSR count). The number of ether oxygens (including phenoxy) is 2. The maximum Gasteiger partial charge on any atom is 0.419 e. The van der Waals surface area contributed by atoms with Gasteiger partial charge in [0.25, 0.3) is 0 Å². The van der Waals surface area contributed by atoms with E-state index in [4.69, 9.17) is 0 Å². The van der Waals surface area contributed by atoms with Crippen LogP contribution in [0.5, 0.6) is 0 Å². The fourth-order valence-corrected chi connectivity index (χ4v) is 0.925. The van der Waals surface area contributed by atoms with Crippen LogP contribution in [0.4, 0.5) is 18.0 Å². The van der Waals surface area contributed by atoms with Crippen molar-refractivity contribution >= 4 is 12.1 Å². The Hall–Kier alpha value is -1.47. The first-order valence-electron chi connectivity index (χ1n) is 5.20. The summed E-state index contributed by atoms with van der Waals surface area (Å²) < 4.78 is 46.4. The summed E-state index contributed by atoms with van der Waals surface area (Å²) in [4.78, 5) is 22.3. The molecule has 0 radical (unpaired) electrons. The quantitative estimate of drug-likeness (QED) is 0.797. The van der Waals surface area contributed by atoms with Crippen LogP contribution in [-0.4, -0.2) is 36.5 Å². The SMILES string of the molecule is CCOC(=O)[C@H](NC(=O)OC(C)(C)C)C(F)(F)F. The molecule has 8 heteroatoms. The first-order valence-corrected chi connectivity index (χ1v) is 5.20. The molecule has 0 aliphatic carbocycles. The van der Waals surface area contributed by atoms with Gasteiger partial charge in [0.05, 0.1) is 6.61 Å². The van der Waals surface area contributed by atoms with Gasteiger partial charge in [0, 0.05) is 0 Å². The van der Waals surface area contributed by atoms with E-state index < -0.39 is 29.9 Å². The van der Waals surface area contributed by atoms with Crippen molar-refractivity contribution in [3.63, 3.8) is 0 Å². The van der Waals surface area contributed by atoms with E-state index in [1.54, 1.807) is 0 Å². The molecule has 0 saturated carbocycles. The molecule has 0 aromatic rings. The zero-order chi connectivity index (χ0) is 14.6. The summed E-state index contributed by atoms with van der Waals surface area (Å²) in [5, 5.41) is 1.44. The van der Waals surface area contributed by atoms with Gasteiger partial charge in [0.2, 0.25) is 6.04 Å². The van der Waals surface area contributed by atoms with E-state index in [0.717, 1.165) is 0 Å². The smallest absolute Gasteiger partial charge is 0.419 e. The molecule has 0 aromatic carbocycles. The molecule has 106 valence electrons. The molecule has 1 N–H and O–H groups in total.